The van der Waals surface area contributed by atoms with E-state index in [1.54, 1.807) is 23.0 Å². The fraction of sp³-hybridized carbons (Fsp3) is 0.200. The molecule has 0 unspecified atom stereocenters. The summed E-state index contributed by atoms with van der Waals surface area (Å²) < 4.78 is 0. The Morgan fingerprint density at radius 2 is 1.78 bits per heavy atom. The molecular formula is C30H26OS. The van der Waals surface area contributed by atoms with Gasteiger partial charge in [0.1, 0.15) is 5.75 Å². The molecule has 0 amide bonds. The third-order valence-corrected chi connectivity index (χ3v) is 7.79. The van der Waals surface area contributed by atoms with Gasteiger partial charge in [0.25, 0.3) is 0 Å². The molecule has 0 fully saturated rings. The molecule has 2 aliphatic rings. The van der Waals surface area contributed by atoms with Crippen LogP contribution in [0.3, 0.4) is 0 Å². The minimum atomic E-state index is 0.351. The summed E-state index contributed by atoms with van der Waals surface area (Å²) in [6, 6.07) is 19.3. The molecule has 32 heavy (non-hydrogen) atoms. The van der Waals surface area contributed by atoms with Gasteiger partial charge in [-0.3, -0.25) is 0 Å². The maximum absolute atomic E-state index is 10.6. The molecule has 0 aliphatic heterocycles. The molecule has 3 aromatic carbocycles. The SMILES string of the molecule is Oc1ccccc1-c1cc2ccc3c(c2cc1CCc1ccsc1)CCC1=C3C=CCC1. The number of aryl methyl sites for hydroxylation is 3. The maximum Gasteiger partial charge on any atom is 0.123 e. The van der Waals surface area contributed by atoms with Crippen LogP contribution < -0.4 is 0 Å². The van der Waals surface area contributed by atoms with E-state index in [1.807, 2.05) is 18.2 Å². The van der Waals surface area contributed by atoms with Gasteiger partial charge < -0.3 is 5.11 Å². The van der Waals surface area contributed by atoms with Gasteiger partial charge in [-0.15, -0.1) is 0 Å². The highest BCUT2D eigenvalue weighted by molar-refractivity contribution is 7.07. The molecule has 0 saturated carbocycles. The van der Waals surface area contributed by atoms with Crippen molar-refractivity contribution in [3.8, 4) is 16.9 Å². The first-order valence-corrected chi connectivity index (χ1v) is 12.5. The number of fused-ring (bicyclic) bond motifs is 4. The van der Waals surface area contributed by atoms with Crippen LogP contribution in [0.1, 0.15) is 41.5 Å². The van der Waals surface area contributed by atoms with Crippen molar-refractivity contribution >= 4 is 27.7 Å². The van der Waals surface area contributed by atoms with E-state index < -0.39 is 0 Å². The van der Waals surface area contributed by atoms with Gasteiger partial charge in [0.05, 0.1) is 0 Å². The van der Waals surface area contributed by atoms with Gasteiger partial charge in [0.2, 0.25) is 0 Å². The van der Waals surface area contributed by atoms with Crippen molar-refractivity contribution in [3.05, 3.63) is 105 Å². The van der Waals surface area contributed by atoms with Gasteiger partial charge in [-0.1, -0.05) is 54.1 Å². The number of allylic oxidation sites excluding steroid dienone is 4. The Kier molecular flexibility index (Phi) is 4.96. The second kappa shape index (κ2) is 8.11. The van der Waals surface area contributed by atoms with Crippen molar-refractivity contribution in [2.45, 2.75) is 38.5 Å². The number of rotatable bonds is 4. The number of hydrogen-bond donors (Lipinski definition) is 1. The van der Waals surface area contributed by atoms with E-state index in [9.17, 15) is 5.11 Å². The first kappa shape index (κ1) is 19.6. The molecule has 1 aromatic heterocycles. The molecule has 1 nitrogen and oxygen atoms in total. The molecule has 1 heterocycles. The van der Waals surface area contributed by atoms with Crippen molar-refractivity contribution in [3.63, 3.8) is 0 Å². The Morgan fingerprint density at radius 3 is 2.66 bits per heavy atom. The summed E-state index contributed by atoms with van der Waals surface area (Å²) in [5, 5.41) is 17.7. The lowest BCUT2D eigenvalue weighted by Gasteiger charge is -2.26. The number of thiophene rings is 1. The molecule has 0 radical (unpaired) electrons. The quantitative estimate of drug-likeness (QED) is 0.344. The van der Waals surface area contributed by atoms with E-state index in [-0.39, 0.29) is 0 Å². The van der Waals surface area contributed by atoms with Gasteiger partial charge in [-0.2, -0.15) is 11.3 Å². The lowest BCUT2D eigenvalue weighted by Crippen LogP contribution is -2.07. The molecule has 0 spiro atoms. The van der Waals surface area contributed by atoms with Crippen LogP contribution in [0.2, 0.25) is 0 Å². The molecule has 1 N–H and O–H groups in total. The number of para-hydroxylation sites is 1. The zero-order valence-corrected chi connectivity index (χ0v) is 18.9. The van der Waals surface area contributed by atoms with Crippen LogP contribution in [0.4, 0.5) is 0 Å². The smallest absolute Gasteiger partial charge is 0.123 e. The Hall–Kier alpha value is -3.10. The van der Waals surface area contributed by atoms with Crippen molar-refractivity contribution in [1.82, 2.24) is 0 Å². The zero-order valence-electron chi connectivity index (χ0n) is 18.1. The van der Waals surface area contributed by atoms with Crippen LogP contribution in [-0.4, -0.2) is 5.11 Å². The molecule has 0 bridgehead atoms. The third kappa shape index (κ3) is 3.40. The third-order valence-electron chi connectivity index (χ3n) is 7.06. The second-order valence-electron chi connectivity index (χ2n) is 8.93. The summed E-state index contributed by atoms with van der Waals surface area (Å²) in [6.45, 7) is 0. The van der Waals surface area contributed by atoms with Crippen LogP contribution in [0.15, 0.2) is 83.1 Å². The summed E-state index contributed by atoms with van der Waals surface area (Å²) in [5.41, 5.74) is 10.8. The number of phenolic OH excluding ortho intramolecular Hbond substituents is 1. The zero-order chi connectivity index (χ0) is 21.5. The molecule has 0 atom stereocenters. The summed E-state index contributed by atoms with van der Waals surface area (Å²) in [7, 11) is 0. The first-order valence-electron chi connectivity index (χ1n) is 11.5. The normalized spacial score (nSPS) is 15.1. The van der Waals surface area contributed by atoms with E-state index in [2.05, 4.69) is 53.2 Å². The molecule has 6 rings (SSSR count). The highest BCUT2D eigenvalue weighted by Gasteiger charge is 2.22. The van der Waals surface area contributed by atoms with Crippen LogP contribution in [0.25, 0.3) is 27.5 Å². The molecule has 158 valence electrons. The molecule has 2 heteroatoms. The number of phenols is 1. The van der Waals surface area contributed by atoms with Gasteiger partial charge in [0.15, 0.2) is 0 Å². The van der Waals surface area contributed by atoms with E-state index in [1.165, 1.54) is 57.9 Å². The van der Waals surface area contributed by atoms with Gasteiger partial charge in [-0.05, 0) is 112 Å². The predicted octanol–water partition coefficient (Wildman–Crippen LogP) is 8.11. The fourth-order valence-electron chi connectivity index (χ4n) is 5.40. The molecular weight excluding hydrogens is 408 g/mol. The van der Waals surface area contributed by atoms with Crippen molar-refractivity contribution < 1.29 is 5.11 Å². The van der Waals surface area contributed by atoms with Crippen LogP contribution in [0, 0.1) is 0 Å². The molecule has 2 aliphatic carbocycles. The number of aromatic hydroxyl groups is 1. The van der Waals surface area contributed by atoms with Gasteiger partial charge >= 0.3 is 0 Å². The van der Waals surface area contributed by atoms with Gasteiger partial charge in [-0.25, -0.2) is 0 Å². The predicted molar refractivity (Wildman–Crippen MR) is 136 cm³/mol. The van der Waals surface area contributed by atoms with E-state index in [0.29, 0.717) is 5.75 Å². The maximum atomic E-state index is 10.6. The van der Waals surface area contributed by atoms with Crippen molar-refractivity contribution in [2.24, 2.45) is 0 Å². The second-order valence-corrected chi connectivity index (χ2v) is 9.71. The minimum Gasteiger partial charge on any atom is -0.507 e. The van der Waals surface area contributed by atoms with Gasteiger partial charge in [0, 0.05) is 5.56 Å². The summed E-state index contributed by atoms with van der Waals surface area (Å²) in [5.74, 6) is 0.351. The Balaban J connectivity index is 1.53. The number of hydrogen-bond acceptors (Lipinski definition) is 2. The monoisotopic (exact) mass is 434 g/mol. The Bertz CT molecular complexity index is 1370. The lowest BCUT2D eigenvalue weighted by molar-refractivity contribution is 0.477. The Morgan fingerprint density at radius 1 is 0.844 bits per heavy atom. The standard InChI is InChI=1S/C30H26OS/c31-30-8-4-3-7-27(30)29-18-23-12-14-25-24-6-2-1-5-21(24)11-13-26(25)28(23)17-22(29)10-9-20-15-16-32-19-20/h2-4,6-8,12,14-19,31H,1,5,9-11,13H2. The summed E-state index contributed by atoms with van der Waals surface area (Å²) >= 11 is 1.76. The van der Waals surface area contributed by atoms with Crippen LogP contribution in [-0.2, 0) is 19.3 Å². The van der Waals surface area contributed by atoms with Crippen LogP contribution >= 0.6 is 11.3 Å². The summed E-state index contributed by atoms with van der Waals surface area (Å²) in [4.78, 5) is 0. The van der Waals surface area contributed by atoms with E-state index in [4.69, 9.17) is 0 Å². The average molecular weight is 435 g/mol. The van der Waals surface area contributed by atoms with E-state index >= 15 is 0 Å². The highest BCUT2D eigenvalue weighted by atomic mass is 32.1. The Labute approximate surface area is 193 Å². The highest BCUT2D eigenvalue weighted by Crippen LogP contribution is 2.42. The summed E-state index contributed by atoms with van der Waals surface area (Å²) in [6.07, 6.45) is 11.3. The van der Waals surface area contributed by atoms with Crippen molar-refractivity contribution in [2.75, 3.05) is 0 Å². The van der Waals surface area contributed by atoms with E-state index in [0.717, 1.165) is 30.4 Å². The average Bonchev–Trinajstić information content (AvgIpc) is 3.36. The van der Waals surface area contributed by atoms with Crippen molar-refractivity contribution in [1.29, 1.82) is 0 Å². The molecule has 0 saturated heterocycles. The minimum absolute atomic E-state index is 0.351. The largest absolute Gasteiger partial charge is 0.507 e. The fourth-order valence-corrected chi connectivity index (χ4v) is 6.10. The molecule has 4 aromatic rings. The lowest BCUT2D eigenvalue weighted by atomic mass is 9.79. The number of benzene rings is 3. The van der Waals surface area contributed by atoms with Crippen LogP contribution in [0.5, 0.6) is 5.75 Å². The topological polar surface area (TPSA) is 20.2 Å². The first-order chi connectivity index (χ1) is 15.8.